The quantitative estimate of drug-likeness (QED) is 0.587. The van der Waals surface area contributed by atoms with Gasteiger partial charge in [0.05, 0.1) is 0 Å². The minimum absolute atomic E-state index is 0.0890. The number of piperazine rings is 1. The molecule has 0 bridgehead atoms. The number of carbonyl (C=O) groups excluding carboxylic acids is 1. The molecule has 7 heteroatoms. The van der Waals surface area contributed by atoms with Gasteiger partial charge in [-0.15, -0.1) is 0 Å². The predicted molar refractivity (Wildman–Crippen MR) is 130 cm³/mol. The Balaban J connectivity index is 1.29. The lowest BCUT2D eigenvalue weighted by molar-refractivity contribution is 0.0643. The van der Waals surface area contributed by atoms with Gasteiger partial charge in [0.25, 0.3) is 5.91 Å². The number of carbonyl (C=O) groups is 1. The second-order valence-electron chi connectivity index (χ2n) is 9.58. The summed E-state index contributed by atoms with van der Waals surface area (Å²) in [5.74, 6) is 0.391. The van der Waals surface area contributed by atoms with E-state index in [9.17, 15) is 9.18 Å². The Labute approximate surface area is 199 Å². The highest BCUT2D eigenvalue weighted by atomic mass is 19.1. The summed E-state index contributed by atoms with van der Waals surface area (Å²) in [6, 6.07) is 12.8. The van der Waals surface area contributed by atoms with Gasteiger partial charge in [-0.25, -0.2) is 14.4 Å². The Morgan fingerprint density at radius 1 is 1.03 bits per heavy atom. The van der Waals surface area contributed by atoms with Crippen LogP contribution in [0.4, 0.5) is 16.0 Å². The Kier molecular flexibility index (Phi) is 5.10. The molecule has 34 heavy (non-hydrogen) atoms. The maximum atomic E-state index is 14.2. The fourth-order valence-electron chi connectivity index (χ4n) is 5.31. The molecule has 2 fully saturated rings. The molecule has 6 rings (SSSR count). The lowest BCUT2D eigenvalue weighted by Crippen LogP contribution is -2.48. The number of hydrogen-bond acceptors (Lipinski definition) is 5. The molecule has 3 heterocycles. The minimum Gasteiger partial charge on any atom is -0.336 e. The van der Waals surface area contributed by atoms with Crippen molar-refractivity contribution in [2.24, 2.45) is 0 Å². The molecule has 1 amide bonds. The molecule has 0 atom stereocenters. The van der Waals surface area contributed by atoms with Crippen LogP contribution in [0.25, 0.3) is 11.1 Å². The largest absolute Gasteiger partial charge is 0.336 e. The fourth-order valence-corrected chi connectivity index (χ4v) is 5.31. The normalized spacial score (nSPS) is 18.9. The first-order chi connectivity index (χ1) is 16.6. The van der Waals surface area contributed by atoms with Crippen LogP contribution in [0.2, 0.25) is 0 Å². The van der Waals surface area contributed by atoms with E-state index >= 15 is 0 Å². The zero-order valence-electron chi connectivity index (χ0n) is 19.4. The molecule has 0 N–H and O–H groups in total. The summed E-state index contributed by atoms with van der Waals surface area (Å²) in [6.07, 6.45) is 5.63. The van der Waals surface area contributed by atoms with Crippen LogP contribution in [0.15, 0.2) is 54.9 Å². The molecule has 6 nitrogen and oxygen atoms in total. The summed E-state index contributed by atoms with van der Waals surface area (Å²) in [5.41, 5.74) is 4.30. The fraction of sp³-hybridized carbons (Fsp3) is 0.370. The summed E-state index contributed by atoms with van der Waals surface area (Å²) < 4.78 is 14.2. The monoisotopic (exact) mass is 457 g/mol. The van der Waals surface area contributed by atoms with E-state index in [0.717, 1.165) is 63.4 Å². The molecule has 2 aliphatic heterocycles. The van der Waals surface area contributed by atoms with Crippen molar-refractivity contribution in [3.05, 3.63) is 71.8 Å². The van der Waals surface area contributed by atoms with Crippen LogP contribution in [-0.4, -0.2) is 64.9 Å². The number of fused-ring (bicyclic) bond motifs is 2. The number of hydrogen-bond donors (Lipinski definition) is 0. The third-order valence-electron chi connectivity index (χ3n) is 7.59. The van der Waals surface area contributed by atoms with Gasteiger partial charge in [-0.1, -0.05) is 31.2 Å². The maximum Gasteiger partial charge on any atom is 0.254 e. The number of nitrogens with zero attached hydrogens (tertiary/aromatic N) is 5. The SMILES string of the molecule is CCN1CCN(C(=O)c2ccc3c(c2)N(c2ncc(-c4ccccc4F)cn2)CC32CC2)CC1. The van der Waals surface area contributed by atoms with Gasteiger partial charge in [0.1, 0.15) is 5.82 Å². The lowest BCUT2D eigenvalue weighted by Gasteiger charge is -2.34. The van der Waals surface area contributed by atoms with E-state index in [-0.39, 0.29) is 17.1 Å². The molecule has 1 saturated heterocycles. The molecule has 1 aliphatic carbocycles. The van der Waals surface area contributed by atoms with Crippen molar-refractivity contribution in [2.75, 3.05) is 44.2 Å². The van der Waals surface area contributed by atoms with Crippen LogP contribution >= 0.6 is 0 Å². The van der Waals surface area contributed by atoms with E-state index in [1.165, 1.54) is 11.6 Å². The molecule has 2 aromatic carbocycles. The van der Waals surface area contributed by atoms with Gasteiger partial charge in [-0.3, -0.25) is 4.79 Å². The highest BCUT2D eigenvalue weighted by molar-refractivity contribution is 5.96. The second-order valence-corrected chi connectivity index (χ2v) is 9.58. The Hall–Kier alpha value is -3.32. The van der Waals surface area contributed by atoms with Crippen LogP contribution < -0.4 is 4.90 Å². The Morgan fingerprint density at radius 3 is 2.44 bits per heavy atom. The first kappa shape index (κ1) is 21.2. The molecule has 0 unspecified atom stereocenters. The number of likely N-dealkylation sites (N-methyl/N-ethyl adjacent to an activating group) is 1. The van der Waals surface area contributed by atoms with Crippen molar-refractivity contribution in [1.82, 2.24) is 19.8 Å². The number of aromatic nitrogens is 2. The van der Waals surface area contributed by atoms with Crippen molar-refractivity contribution in [3.8, 4) is 11.1 Å². The van der Waals surface area contributed by atoms with Crippen molar-refractivity contribution in [3.63, 3.8) is 0 Å². The van der Waals surface area contributed by atoms with Gasteiger partial charge in [0.15, 0.2) is 0 Å². The highest BCUT2D eigenvalue weighted by Crippen LogP contribution is 2.57. The number of halogens is 1. The van der Waals surface area contributed by atoms with E-state index in [1.54, 1.807) is 30.6 Å². The van der Waals surface area contributed by atoms with Gasteiger partial charge >= 0.3 is 0 Å². The van der Waals surface area contributed by atoms with E-state index in [0.29, 0.717) is 17.1 Å². The number of benzene rings is 2. The third kappa shape index (κ3) is 3.55. The summed E-state index contributed by atoms with van der Waals surface area (Å²) >= 11 is 0. The standard InChI is InChI=1S/C27H28FN5O/c1-2-31-11-13-32(14-12-31)25(34)19-7-8-22-24(15-19)33(18-27(22)9-10-27)26-29-16-20(17-30-26)21-5-3-4-6-23(21)28/h3-8,15-17H,2,9-14,18H2,1H3. The molecule has 3 aromatic rings. The van der Waals surface area contributed by atoms with Crippen molar-refractivity contribution >= 4 is 17.5 Å². The summed E-state index contributed by atoms with van der Waals surface area (Å²) in [6.45, 7) is 7.36. The lowest BCUT2D eigenvalue weighted by atomic mass is 9.97. The number of rotatable bonds is 4. The minimum atomic E-state index is -0.287. The Bertz CT molecular complexity index is 1230. The maximum absolute atomic E-state index is 14.2. The first-order valence-corrected chi connectivity index (χ1v) is 12.1. The molecular formula is C27H28FN5O. The molecule has 1 saturated carbocycles. The van der Waals surface area contributed by atoms with Gasteiger partial charge in [-0.05, 0) is 43.1 Å². The topological polar surface area (TPSA) is 52.6 Å². The van der Waals surface area contributed by atoms with Crippen molar-refractivity contribution in [2.45, 2.75) is 25.2 Å². The third-order valence-corrected chi connectivity index (χ3v) is 7.59. The summed E-state index contributed by atoms with van der Waals surface area (Å²) in [7, 11) is 0. The van der Waals surface area contributed by atoms with Gasteiger partial charge in [0, 0.05) is 72.9 Å². The summed E-state index contributed by atoms with van der Waals surface area (Å²) in [4.78, 5) is 28.9. The molecule has 174 valence electrons. The van der Waals surface area contributed by atoms with E-state index < -0.39 is 0 Å². The van der Waals surface area contributed by atoms with Crippen LogP contribution in [0, 0.1) is 5.82 Å². The van der Waals surface area contributed by atoms with E-state index in [2.05, 4.69) is 32.8 Å². The average Bonchev–Trinajstić information content (AvgIpc) is 3.60. The summed E-state index contributed by atoms with van der Waals surface area (Å²) in [5, 5.41) is 0. The Morgan fingerprint density at radius 2 is 1.76 bits per heavy atom. The van der Waals surface area contributed by atoms with Crippen LogP contribution in [-0.2, 0) is 5.41 Å². The number of amides is 1. The molecule has 1 spiro atoms. The van der Waals surface area contributed by atoms with E-state index in [4.69, 9.17) is 0 Å². The average molecular weight is 458 g/mol. The van der Waals surface area contributed by atoms with Crippen molar-refractivity contribution < 1.29 is 9.18 Å². The number of anilines is 2. The zero-order valence-corrected chi connectivity index (χ0v) is 19.4. The van der Waals surface area contributed by atoms with Crippen molar-refractivity contribution in [1.29, 1.82) is 0 Å². The molecule has 3 aliphatic rings. The van der Waals surface area contributed by atoms with Gasteiger partial charge in [0.2, 0.25) is 5.95 Å². The second kappa shape index (κ2) is 8.17. The van der Waals surface area contributed by atoms with E-state index in [1.807, 2.05) is 17.0 Å². The zero-order chi connectivity index (χ0) is 23.3. The van der Waals surface area contributed by atoms with Gasteiger partial charge < -0.3 is 14.7 Å². The highest BCUT2D eigenvalue weighted by Gasteiger charge is 2.52. The van der Waals surface area contributed by atoms with Crippen LogP contribution in [0.5, 0.6) is 0 Å². The van der Waals surface area contributed by atoms with Crippen LogP contribution in [0.3, 0.4) is 0 Å². The molecular weight excluding hydrogens is 429 g/mol. The first-order valence-electron chi connectivity index (χ1n) is 12.1. The smallest absolute Gasteiger partial charge is 0.254 e. The predicted octanol–water partition coefficient (Wildman–Crippen LogP) is 4.24. The molecule has 0 radical (unpaired) electrons. The van der Waals surface area contributed by atoms with Crippen LogP contribution in [0.1, 0.15) is 35.7 Å². The molecule has 1 aromatic heterocycles. The van der Waals surface area contributed by atoms with Gasteiger partial charge in [-0.2, -0.15) is 0 Å².